The van der Waals surface area contributed by atoms with Crippen molar-refractivity contribution in [3.05, 3.63) is 42.1 Å². The largest absolute Gasteiger partial charge is 0.374 e. The van der Waals surface area contributed by atoms with E-state index in [0.717, 1.165) is 31.4 Å². The lowest BCUT2D eigenvalue weighted by atomic mass is 9.87. The highest BCUT2D eigenvalue weighted by atomic mass is 16.5. The normalized spacial score (nSPS) is 24.1. The van der Waals surface area contributed by atoms with Gasteiger partial charge in [-0.25, -0.2) is 0 Å². The van der Waals surface area contributed by atoms with Gasteiger partial charge in [0, 0.05) is 24.2 Å². The molecule has 2 heterocycles. The van der Waals surface area contributed by atoms with Gasteiger partial charge in [0.25, 0.3) is 0 Å². The molecule has 1 aromatic carbocycles. The van der Waals surface area contributed by atoms with Crippen LogP contribution in [0, 0.1) is 0 Å². The summed E-state index contributed by atoms with van der Waals surface area (Å²) in [5, 5.41) is 4.70. The van der Waals surface area contributed by atoms with E-state index in [9.17, 15) is 0 Å². The van der Waals surface area contributed by atoms with Crippen LogP contribution in [0.3, 0.4) is 0 Å². The molecule has 0 saturated carbocycles. The number of nitrogens with zero attached hydrogens (tertiary/aromatic N) is 1. The lowest BCUT2D eigenvalue weighted by Crippen LogP contribution is -2.48. The molecule has 0 aliphatic carbocycles. The van der Waals surface area contributed by atoms with Gasteiger partial charge in [0.15, 0.2) is 0 Å². The zero-order valence-electron chi connectivity index (χ0n) is 12.2. The molecular formula is C17H22N2O. The maximum atomic E-state index is 6.00. The molecule has 1 saturated heterocycles. The fourth-order valence-electron chi connectivity index (χ4n) is 3.25. The minimum Gasteiger partial charge on any atom is -0.374 e. The average molecular weight is 270 g/mol. The van der Waals surface area contributed by atoms with Crippen molar-refractivity contribution in [1.29, 1.82) is 0 Å². The van der Waals surface area contributed by atoms with Crippen LogP contribution in [-0.4, -0.2) is 30.3 Å². The Morgan fingerprint density at radius 2 is 2.20 bits per heavy atom. The maximum Gasteiger partial charge on any atom is 0.0810 e. The molecule has 1 aliphatic heterocycles. The Balaban J connectivity index is 1.91. The van der Waals surface area contributed by atoms with Crippen LogP contribution >= 0.6 is 0 Å². The van der Waals surface area contributed by atoms with Gasteiger partial charge in [0.1, 0.15) is 0 Å². The van der Waals surface area contributed by atoms with Gasteiger partial charge >= 0.3 is 0 Å². The van der Waals surface area contributed by atoms with Crippen LogP contribution < -0.4 is 5.32 Å². The van der Waals surface area contributed by atoms with Crippen molar-refractivity contribution in [2.45, 2.75) is 37.8 Å². The number of hydrogen-bond donors (Lipinski definition) is 1. The highest BCUT2D eigenvalue weighted by Gasteiger charge is 2.37. The summed E-state index contributed by atoms with van der Waals surface area (Å²) in [6.45, 7) is 3.11. The third kappa shape index (κ3) is 2.43. The number of benzene rings is 1. The third-order valence-electron chi connectivity index (χ3n) is 4.50. The minimum atomic E-state index is -0.0564. The zero-order valence-corrected chi connectivity index (χ0v) is 12.2. The van der Waals surface area contributed by atoms with Gasteiger partial charge in [-0.1, -0.05) is 18.2 Å². The highest BCUT2D eigenvalue weighted by Crippen LogP contribution is 2.31. The second-order valence-electron chi connectivity index (χ2n) is 5.80. The monoisotopic (exact) mass is 270 g/mol. The summed E-state index contributed by atoms with van der Waals surface area (Å²) in [6, 6.07) is 10.8. The van der Waals surface area contributed by atoms with Crippen molar-refractivity contribution < 1.29 is 4.74 Å². The molecule has 2 unspecified atom stereocenters. The molecule has 0 amide bonds. The summed E-state index contributed by atoms with van der Waals surface area (Å²) in [4.78, 5) is 4.44. The van der Waals surface area contributed by atoms with Gasteiger partial charge in [0.05, 0.1) is 11.1 Å². The molecule has 106 valence electrons. The molecule has 3 heteroatoms. The third-order valence-corrected chi connectivity index (χ3v) is 4.50. The summed E-state index contributed by atoms with van der Waals surface area (Å²) in [6.07, 6.45) is 5.16. The van der Waals surface area contributed by atoms with Crippen molar-refractivity contribution in [2.75, 3.05) is 13.7 Å². The van der Waals surface area contributed by atoms with Gasteiger partial charge < -0.3 is 10.1 Å². The van der Waals surface area contributed by atoms with E-state index < -0.39 is 0 Å². The first kappa shape index (κ1) is 13.5. The molecular weight excluding hydrogens is 248 g/mol. The second-order valence-corrected chi connectivity index (χ2v) is 5.80. The van der Waals surface area contributed by atoms with E-state index in [1.807, 2.05) is 19.3 Å². The quantitative estimate of drug-likeness (QED) is 0.927. The van der Waals surface area contributed by atoms with Crippen LogP contribution in [0.5, 0.6) is 0 Å². The first-order valence-corrected chi connectivity index (χ1v) is 7.37. The Morgan fingerprint density at radius 3 is 2.95 bits per heavy atom. The standard InChI is InChI=1S/C17H22N2O/c1-17(9-5-11-20-17)16(18-2)12-13-8-10-19-15-7-4-3-6-14(13)15/h3-4,6-8,10,16,18H,5,9,11-12H2,1-2H3. The number of nitrogens with one attached hydrogen (secondary N) is 1. The predicted octanol–water partition coefficient (Wildman–Crippen LogP) is 2.93. The van der Waals surface area contributed by atoms with Crippen LogP contribution in [0.2, 0.25) is 0 Å². The molecule has 1 aliphatic rings. The van der Waals surface area contributed by atoms with E-state index in [0.29, 0.717) is 6.04 Å². The summed E-state index contributed by atoms with van der Waals surface area (Å²) in [5.74, 6) is 0. The first-order valence-electron chi connectivity index (χ1n) is 7.37. The number of hydrogen-bond acceptors (Lipinski definition) is 3. The number of rotatable bonds is 4. The van der Waals surface area contributed by atoms with Crippen LogP contribution in [-0.2, 0) is 11.2 Å². The lowest BCUT2D eigenvalue weighted by molar-refractivity contribution is -0.00935. The Kier molecular flexibility index (Phi) is 3.72. The molecule has 1 fully saturated rings. The predicted molar refractivity (Wildman–Crippen MR) is 81.9 cm³/mol. The van der Waals surface area contributed by atoms with E-state index in [1.54, 1.807) is 0 Å². The van der Waals surface area contributed by atoms with E-state index in [2.05, 4.69) is 41.5 Å². The Bertz CT molecular complexity index is 585. The van der Waals surface area contributed by atoms with Crippen molar-refractivity contribution in [3.63, 3.8) is 0 Å². The molecule has 20 heavy (non-hydrogen) atoms. The van der Waals surface area contributed by atoms with Gasteiger partial charge in [-0.05, 0) is 50.9 Å². The molecule has 3 nitrogen and oxygen atoms in total. The molecule has 0 bridgehead atoms. The molecule has 2 aromatic rings. The lowest BCUT2D eigenvalue weighted by Gasteiger charge is -2.33. The van der Waals surface area contributed by atoms with Gasteiger partial charge in [0.2, 0.25) is 0 Å². The Morgan fingerprint density at radius 1 is 1.35 bits per heavy atom. The summed E-state index contributed by atoms with van der Waals surface area (Å²) in [5.41, 5.74) is 2.35. The van der Waals surface area contributed by atoms with Gasteiger partial charge in [-0.2, -0.15) is 0 Å². The zero-order chi connectivity index (χ0) is 14.0. The SMILES string of the molecule is CNC(Cc1ccnc2ccccc12)C1(C)CCCO1. The number of ether oxygens (including phenoxy) is 1. The molecule has 0 spiro atoms. The number of para-hydroxylation sites is 1. The number of pyridine rings is 1. The number of aromatic nitrogens is 1. The highest BCUT2D eigenvalue weighted by molar-refractivity contribution is 5.81. The summed E-state index contributed by atoms with van der Waals surface area (Å²) >= 11 is 0. The van der Waals surface area contributed by atoms with E-state index in [1.165, 1.54) is 10.9 Å². The summed E-state index contributed by atoms with van der Waals surface area (Å²) in [7, 11) is 2.03. The van der Waals surface area contributed by atoms with E-state index in [-0.39, 0.29) is 5.60 Å². The van der Waals surface area contributed by atoms with E-state index >= 15 is 0 Å². The second kappa shape index (κ2) is 5.51. The van der Waals surface area contributed by atoms with Crippen LogP contribution in [0.15, 0.2) is 36.5 Å². The van der Waals surface area contributed by atoms with E-state index in [4.69, 9.17) is 4.74 Å². The van der Waals surface area contributed by atoms with Crippen molar-refractivity contribution in [2.24, 2.45) is 0 Å². The van der Waals surface area contributed by atoms with Gasteiger partial charge in [-0.15, -0.1) is 0 Å². The average Bonchev–Trinajstić information content (AvgIpc) is 2.92. The fraction of sp³-hybridized carbons (Fsp3) is 0.471. The maximum absolute atomic E-state index is 6.00. The minimum absolute atomic E-state index is 0.0564. The van der Waals surface area contributed by atoms with Crippen LogP contribution in [0.4, 0.5) is 0 Å². The summed E-state index contributed by atoms with van der Waals surface area (Å²) < 4.78 is 6.00. The fourth-order valence-corrected chi connectivity index (χ4v) is 3.25. The molecule has 2 atom stereocenters. The van der Waals surface area contributed by atoms with Crippen molar-refractivity contribution in [1.82, 2.24) is 10.3 Å². The van der Waals surface area contributed by atoms with Crippen LogP contribution in [0.25, 0.3) is 10.9 Å². The van der Waals surface area contributed by atoms with Crippen LogP contribution in [0.1, 0.15) is 25.3 Å². The Hall–Kier alpha value is -1.45. The van der Waals surface area contributed by atoms with Crippen molar-refractivity contribution in [3.8, 4) is 0 Å². The molecule has 0 radical (unpaired) electrons. The molecule has 1 aromatic heterocycles. The number of fused-ring (bicyclic) bond motifs is 1. The topological polar surface area (TPSA) is 34.2 Å². The Labute approximate surface area is 120 Å². The molecule has 1 N–H and O–H groups in total. The van der Waals surface area contributed by atoms with Crippen molar-refractivity contribution >= 4 is 10.9 Å². The first-order chi connectivity index (χ1) is 9.73. The number of likely N-dealkylation sites (N-methyl/N-ethyl adjacent to an activating group) is 1. The van der Waals surface area contributed by atoms with Gasteiger partial charge in [-0.3, -0.25) is 4.98 Å². The smallest absolute Gasteiger partial charge is 0.0810 e. The molecule has 3 rings (SSSR count).